The Labute approximate surface area is 64.3 Å². The lowest BCUT2D eigenvalue weighted by Crippen LogP contribution is -2.23. The molecule has 5 nitrogen and oxygen atoms in total. The molecule has 5 heteroatoms. The predicted molar refractivity (Wildman–Crippen MR) is 39.8 cm³/mol. The molecule has 0 atom stereocenters. The summed E-state index contributed by atoms with van der Waals surface area (Å²) in [5.74, 6) is -0.960. The van der Waals surface area contributed by atoms with Gasteiger partial charge < -0.3 is 10.0 Å². The average molecular weight is 158 g/mol. The molecule has 0 aliphatic carbocycles. The average Bonchev–Trinajstić information content (AvgIpc) is 1.88. The minimum absolute atomic E-state index is 0.362. The van der Waals surface area contributed by atoms with Crippen LogP contribution in [0, 0.1) is 4.91 Å². The van der Waals surface area contributed by atoms with Crippen LogP contribution in [0.15, 0.2) is 16.6 Å². The Morgan fingerprint density at radius 2 is 1.91 bits per heavy atom. The lowest BCUT2D eigenvalue weighted by molar-refractivity contribution is -0.124. The summed E-state index contributed by atoms with van der Waals surface area (Å²) in [6.07, 6.45) is 0. The van der Waals surface area contributed by atoms with Gasteiger partial charge in [-0.1, -0.05) is 0 Å². The highest BCUT2D eigenvalue weighted by molar-refractivity contribution is 5.92. The third-order valence-electron chi connectivity index (χ3n) is 1.04. The van der Waals surface area contributed by atoms with Gasteiger partial charge >= 0.3 is 0 Å². The van der Waals surface area contributed by atoms with Crippen molar-refractivity contribution in [2.75, 3.05) is 14.1 Å². The van der Waals surface area contributed by atoms with Gasteiger partial charge in [0.1, 0.15) is 5.76 Å². The quantitative estimate of drug-likeness (QED) is 0.364. The number of carbonyl (C=O) groups is 1. The number of amides is 1. The summed E-state index contributed by atoms with van der Waals surface area (Å²) in [6, 6.07) is 0. The zero-order valence-electron chi connectivity index (χ0n) is 6.66. The number of hydrogen-bond acceptors (Lipinski definition) is 4. The first-order chi connectivity index (χ1) is 5.00. The highest BCUT2D eigenvalue weighted by Gasteiger charge is 2.15. The summed E-state index contributed by atoms with van der Waals surface area (Å²) in [4.78, 5) is 22.1. The highest BCUT2D eigenvalue weighted by Crippen LogP contribution is 2.04. The molecule has 0 radical (unpaired) electrons. The fourth-order valence-electron chi connectivity index (χ4n) is 0.472. The Hall–Kier alpha value is -1.39. The molecule has 0 spiro atoms. The van der Waals surface area contributed by atoms with E-state index in [0.29, 0.717) is 0 Å². The molecule has 0 unspecified atom stereocenters. The van der Waals surface area contributed by atoms with Gasteiger partial charge in [0.05, 0.1) is 0 Å². The zero-order chi connectivity index (χ0) is 9.02. The van der Waals surface area contributed by atoms with E-state index >= 15 is 0 Å². The summed E-state index contributed by atoms with van der Waals surface area (Å²) in [5.41, 5.74) is -0.449. The Morgan fingerprint density at radius 3 is 2.00 bits per heavy atom. The van der Waals surface area contributed by atoms with E-state index in [0.717, 1.165) is 4.90 Å². The van der Waals surface area contributed by atoms with Crippen molar-refractivity contribution < 1.29 is 9.90 Å². The van der Waals surface area contributed by atoms with E-state index in [1.165, 1.54) is 21.0 Å². The van der Waals surface area contributed by atoms with E-state index < -0.39 is 11.6 Å². The van der Waals surface area contributed by atoms with E-state index in [2.05, 4.69) is 5.18 Å². The van der Waals surface area contributed by atoms with E-state index in [4.69, 9.17) is 5.11 Å². The normalized spacial score (nSPS) is 11.9. The molecule has 0 aromatic heterocycles. The first-order valence-corrected chi connectivity index (χ1v) is 2.95. The van der Waals surface area contributed by atoms with Gasteiger partial charge in [-0.15, -0.1) is 4.91 Å². The standard InChI is InChI=1S/C6H10N2O3/c1-4(9)5(7-11)6(10)8(2)3/h9H,1-3H3/b5-4+. The monoisotopic (exact) mass is 158 g/mol. The fourth-order valence-corrected chi connectivity index (χ4v) is 0.472. The van der Waals surface area contributed by atoms with Gasteiger partial charge in [0.2, 0.25) is 5.70 Å². The summed E-state index contributed by atoms with van der Waals surface area (Å²) >= 11 is 0. The van der Waals surface area contributed by atoms with Crippen LogP contribution in [-0.4, -0.2) is 30.0 Å². The SMILES string of the molecule is C/C(O)=C(\N=O)C(=O)N(C)C. The van der Waals surface area contributed by atoms with E-state index in [-0.39, 0.29) is 5.76 Å². The van der Waals surface area contributed by atoms with Crippen molar-refractivity contribution in [3.63, 3.8) is 0 Å². The van der Waals surface area contributed by atoms with Crippen molar-refractivity contribution in [1.29, 1.82) is 0 Å². The smallest absolute Gasteiger partial charge is 0.279 e. The van der Waals surface area contributed by atoms with Crippen molar-refractivity contribution >= 4 is 5.91 Å². The molecule has 0 fully saturated rings. The van der Waals surface area contributed by atoms with Crippen LogP contribution >= 0.6 is 0 Å². The van der Waals surface area contributed by atoms with Gasteiger partial charge in [-0.25, -0.2) is 0 Å². The van der Waals surface area contributed by atoms with Crippen LogP contribution in [0.4, 0.5) is 0 Å². The summed E-state index contributed by atoms with van der Waals surface area (Å²) in [7, 11) is 2.94. The van der Waals surface area contributed by atoms with Gasteiger partial charge in [-0.2, -0.15) is 0 Å². The number of rotatable bonds is 2. The molecule has 0 aromatic rings. The lowest BCUT2D eigenvalue weighted by atomic mass is 10.3. The predicted octanol–water partition coefficient (Wildman–Crippen LogP) is 0.631. The first kappa shape index (κ1) is 9.61. The molecule has 1 amide bonds. The number of aliphatic hydroxyl groups excluding tert-OH is 1. The number of allylic oxidation sites excluding steroid dienone is 1. The molecule has 11 heavy (non-hydrogen) atoms. The van der Waals surface area contributed by atoms with Crippen LogP contribution in [0.1, 0.15) is 6.92 Å². The van der Waals surface area contributed by atoms with Crippen LogP contribution in [0.2, 0.25) is 0 Å². The van der Waals surface area contributed by atoms with E-state index in [1.54, 1.807) is 0 Å². The summed E-state index contributed by atoms with van der Waals surface area (Å²) in [6.45, 7) is 1.23. The third-order valence-corrected chi connectivity index (χ3v) is 1.04. The van der Waals surface area contributed by atoms with Crippen molar-refractivity contribution in [3.05, 3.63) is 16.4 Å². The van der Waals surface area contributed by atoms with Crippen LogP contribution in [0.5, 0.6) is 0 Å². The molecule has 0 aliphatic rings. The Balaban J connectivity index is 4.68. The topological polar surface area (TPSA) is 70.0 Å². The summed E-state index contributed by atoms with van der Waals surface area (Å²) < 4.78 is 0. The fraction of sp³-hybridized carbons (Fsp3) is 0.500. The van der Waals surface area contributed by atoms with Crippen LogP contribution in [-0.2, 0) is 4.79 Å². The van der Waals surface area contributed by atoms with E-state index in [1.807, 2.05) is 0 Å². The number of likely N-dealkylation sites (N-methyl/N-ethyl adjacent to an activating group) is 1. The molecule has 0 saturated heterocycles. The van der Waals surface area contributed by atoms with Gasteiger partial charge in [0.15, 0.2) is 0 Å². The largest absolute Gasteiger partial charge is 0.510 e. The maximum Gasteiger partial charge on any atom is 0.279 e. The molecular weight excluding hydrogens is 148 g/mol. The Morgan fingerprint density at radius 1 is 1.45 bits per heavy atom. The van der Waals surface area contributed by atoms with Crippen molar-refractivity contribution in [3.8, 4) is 0 Å². The third kappa shape index (κ3) is 2.37. The minimum atomic E-state index is -0.597. The van der Waals surface area contributed by atoms with Crippen molar-refractivity contribution in [2.24, 2.45) is 5.18 Å². The molecular formula is C6H10N2O3. The second kappa shape index (κ2) is 3.70. The molecule has 0 bridgehead atoms. The molecule has 62 valence electrons. The molecule has 0 saturated carbocycles. The molecule has 1 N–H and O–H groups in total. The zero-order valence-corrected chi connectivity index (χ0v) is 6.66. The van der Waals surface area contributed by atoms with Crippen molar-refractivity contribution in [1.82, 2.24) is 4.90 Å². The van der Waals surface area contributed by atoms with E-state index in [9.17, 15) is 9.70 Å². The number of nitrogens with zero attached hydrogens (tertiary/aromatic N) is 2. The first-order valence-electron chi connectivity index (χ1n) is 2.95. The molecule has 0 heterocycles. The van der Waals surface area contributed by atoms with Gasteiger partial charge in [-0.05, 0) is 12.1 Å². The second-order valence-electron chi connectivity index (χ2n) is 2.22. The minimum Gasteiger partial charge on any atom is -0.510 e. The lowest BCUT2D eigenvalue weighted by Gasteiger charge is -2.08. The summed E-state index contributed by atoms with van der Waals surface area (Å²) in [5, 5.41) is 11.2. The maximum atomic E-state index is 10.9. The van der Waals surface area contributed by atoms with Gasteiger partial charge in [0.25, 0.3) is 5.91 Å². The maximum absolute atomic E-state index is 10.9. The second-order valence-corrected chi connectivity index (χ2v) is 2.22. The number of aliphatic hydroxyl groups is 1. The van der Waals surface area contributed by atoms with Crippen LogP contribution in [0.25, 0.3) is 0 Å². The van der Waals surface area contributed by atoms with Gasteiger partial charge in [-0.3, -0.25) is 4.79 Å². The molecule has 0 aromatic carbocycles. The van der Waals surface area contributed by atoms with Crippen molar-refractivity contribution in [2.45, 2.75) is 6.92 Å². The van der Waals surface area contributed by atoms with Crippen LogP contribution in [0.3, 0.4) is 0 Å². The number of hydrogen-bond donors (Lipinski definition) is 1. The molecule has 0 aliphatic heterocycles. The number of nitroso groups, excluding NO2 is 1. The highest BCUT2D eigenvalue weighted by atomic mass is 16.3. The Bertz CT molecular complexity index is 204. The van der Waals surface area contributed by atoms with Crippen LogP contribution < -0.4 is 0 Å². The number of carbonyl (C=O) groups excluding carboxylic acids is 1. The Kier molecular flexibility index (Phi) is 3.23. The van der Waals surface area contributed by atoms with Gasteiger partial charge in [0, 0.05) is 14.1 Å². The molecule has 0 rings (SSSR count).